The van der Waals surface area contributed by atoms with E-state index in [2.05, 4.69) is 11.0 Å². The van der Waals surface area contributed by atoms with Crippen molar-refractivity contribution in [1.29, 1.82) is 0 Å². The maximum Gasteiger partial charge on any atom is 0.303 e. The Kier molecular flexibility index (Phi) is 6.51. The Balaban J connectivity index is 1.48. The van der Waals surface area contributed by atoms with E-state index in [1.54, 1.807) is 12.1 Å². The molecule has 0 amide bonds. The molecule has 0 unspecified atom stereocenters. The van der Waals surface area contributed by atoms with Crippen LogP contribution in [0.1, 0.15) is 35.1 Å². The molecule has 4 nitrogen and oxygen atoms in total. The zero-order valence-corrected chi connectivity index (χ0v) is 17.4. The highest BCUT2D eigenvalue weighted by molar-refractivity contribution is 5.67. The molecule has 160 valence electrons. The molecule has 1 aliphatic rings. The fraction of sp³-hybridized carbons (Fsp3) is 0.269. The van der Waals surface area contributed by atoms with Gasteiger partial charge in [0.25, 0.3) is 0 Å². The summed E-state index contributed by atoms with van der Waals surface area (Å²) in [6, 6.07) is 20.8. The van der Waals surface area contributed by atoms with Crippen LogP contribution in [0.15, 0.2) is 66.7 Å². The highest BCUT2D eigenvalue weighted by Gasteiger charge is 2.21. The van der Waals surface area contributed by atoms with E-state index < -0.39 is 5.97 Å². The number of fused-ring (bicyclic) bond motifs is 1. The highest BCUT2D eigenvalue weighted by Crippen LogP contribution is 2.37. The number of aryl methyl sites for hydroxylation is 2. The third-order valence-corrected chi connectivity index (χ3v) is 5.58. The molecule has 0 spiro atoms. The van der Waals surface area contributed by atoms with Crippen molar-refractivity contribution in [3.05, 3.63) is 94.8 Å². The molecule has 1 aliphatic heterocycles. The van der Waals surface area contributed by atoms with E-state index in [4.69, 9.17) is 9.84 Å². The quantitative estimate of drug-likeness (QED) is 0.533. The second-order valence-corrected chi connectivity index (χ2v) is 7.92. The van der Waals surface area contributed by atoms with Gasteiger partial charge in [0.1, 0.15) is 18.2 Å². The maximum atomic E-state index is 13.6. The van der Waals surface area contributed by atoms with E-state index in [1.165, 1.54) is 11.6 Å². The normalized spacial score (nSPS) is 13.0. The number of hydrogen-bond donors (Lipinski definition) is 1. The molecule has 1 heterocycles. The molecular formula is C26H26FNO3. The third-order valence-electron chi connectivity index (χ3n) is 5.58. The monoisotopic (exact) mass is 419 g/mol. The predicted octanol–water partition coefficient (Wildman–Crippen LogP) is 5.37. The molecule has 0 bridgehead atoms. The van der Waals surface area contributed by atoms with Crippen LogP contribution >= 0.6 is 0 Å². The average Bonchev–Trinajstić information content (AvgIpc) is 2.77. The standard InChI is InChI=1S/C26H26FNO3/c27-23-7-1-4-21(16-23)17-28-15-3-6-22-5-2-8-24(26(22)28)31-18-20-11-9-19(10-12-20)13-14-25(29)30/h1-2,4-5,7-12,16H,3,6,13-15,17-18H2,(H,29,30). The minimum Gasteiger partial charge on any atom is -0.487 e. The number of benzene rings is 3. The molecule has 3 aromatic carbocycles. The van der Waals surface area contributed by atoms with Crippen molar-refractivity contribution >= 4 is 11.7 Å². The van der Waals surface area contributed by atoms with Crippen LogP contribution in [-0.4, -0.2) is 17.6 Å². The topological polar surface area (TPSA) is 49.8 Å². The Hall–Kier alpha value is -3.34. The molecule has 1 N–H and O–H groups in total. The van der Waals surface area contributed by atoms with Gasteiger partial charge in [-0.05, 0) is 59.7 Å². The number of para-hydroxylation sites is 1. The number of aliphatic carboxylic acids is 1. The van der Waals surface area contributed by atoms with Crippen LogP contribution in [-0.2, 0) is 30.8 Å². The van der Waals surface area contributed by atoms with Gasteiger partial charge < -0.3 is 14.7 Å². The minimum absolute atomic E-state index is 0.132. The second kappa shape index (κ2) is 9.65. The van der Waals surface area contributed by atoms with E-state index >= 15 is 0 Å². The Bertz CT molecular complexity index is 1050. The molecule has 0 fully saturated rings. The Labute approximate surface area is 181 Å². The van der Waals surface area contributed by atoms with Crippen LogP contribution < -0.4 is 9.64 Å². The van der Waals surface area contributed by atoms with Gasteiger partial charge in [-0.1, -0.05) is 48.5 Å². The summed E-state index contributed by atoms with van der Waals surface area (Å²) in [5, 5.41) is 8.82. The van der Waals surface area contributed by atoms with Crippen molar-refractivity contribution in [2.45, 2.75) is 38.8 Å². The van der Waals surface area contributed by atoms with Gasteiger partial charge in [-0.15, -0.1) is 0 Å². The molecule has 4 rings (SSSR count). The summed E-state index contributed by atoms with van der Waals surface area (Å²) in [4.78, 5) is 13.0. The lowest BCUT2D eigenvalue weighted by atomic mass is 10.00. The number of anilines is 1. The smallest absolute Gasteiger partial charge is 0.303 e. The first-order valence-corrected chi connectivity index (χ1v) is 10.6. The number of rotatable bonds is 8. The van der Waals surface area contributed by atoms with Crippen LogP contribution in [0, 0.1) is 5.82 Å². The molecule has 3 aromatic rings. The SMILES string of the molecule is O=C(O)CCc1ccc(COc2cccc3c2N(Cc2cccc(F)c2)CCC3)cc1. The molecule has 5 heteroatoms. The predicted molar refractivity (Wildman–Crippen MR) is 119 cm³/mol. The molecule has 0 saturated carbocycles. The molecule has 31 heavy (non-hydrogen) atoms. The Morgan fingerprint density at radius 1 is 1.00 bits per heavy atom. The number of carboxylic acids is 1. The number of nitrogens with zero attached hydrogens (tertiary/aromatic N) is 1. The Morgan fingerprint density at radius 3 is 2.55 bits per heavy atom. The average molecular weight is 419 g/mol. The second-order valence-electron chi connectivity index (χ2n) is 7.92. The fourth-order valence-corrected chi connectivity index (χ4v) is 4.05. The summed E-state index contributed by atoms with van der Waals surface area (Å²) >= 11 is 0. The first-order chi connectivity index (χ1) is 15.1. The summed E-state index contributed by atoms with van der Waals surface area (Å²) in [6.45, 7) is 1.98. The molecular weight excluding hydrogens is 393 g/mol. The van der Waals surface area contributed by atoms with Crippen molar-refractivity contribution in [2.24, 2.45) is 0 Å². The zero-order valence-electron chi connectivity index (χ0n) is 17.4. The van der Waals surface area contributed by atoms with Crippen LogP contribution in [0.25, 0.3) is 0 Å². The summed E-state index contributed by atoms with van der Waals surface area (Å²) in [6.07, 6.45) is 2.72. The fourth-order valence-electron chi connectivity index (χ4n) is 4.05. The van der Waals surface area contributed by atoms with Crippen LogP contribution in [0.5, 0.6) is 5.75 Å². The number of ether oxygens (including phenoxy) is 1. The van der Waals surface area contributed by atoms with E-state index in [0.29, 0.717) is 19.6 Å². The lowest BCUT2D eigenvalue weighted by molar-refractivity contribution is -0.136. The van der Waals surface area contributed by atoms with Crippen molar-refractivity contribution in [1.82, 2.24) is 0 Å². The number of hydrogen-bond acceptors (Lipinski definition) is 3. The number of carboxylic acid groups (broad SMARTS) is 1. The van der Waals surface area contributed by atoms with E-state index in [9.17, 15) is 9.18 Å². The van der Waals surface area contributed by atoms with Crippen molar-refractivity contribution in [2.75, 3.05) is 11.4 Å². The van der Waals surface area contributed by atoms with Gasteiger partial charge in [0.05, 0.1) is 5.69 Å². The summed E-state index contributed by atoms with van der Waals surface area (Å²) in [5.74, 6) is -0.168. The lowest BCUT2D eigenvalue weighted by Gasteiger charge is -2.33. The van der Waals surface area contributed by atoms with E-state index in [1.807, 2.05) is 42.5 Å². The Morgan fingerprint density at radius 2 is 1.77 bits per heavy atom. The zero-order chi connectivity index (χ0) is 21.6. The highest BCUT2D eigenvalue weighted by atomic mass is 19.1. The minimum atomic E-state index is -0.788. The number of halogens is 1. The molecule has 0 radical (unpaired) electrons. The maximum absolute atomic E-state index is 13.6. The van der Waals surface area contributed by atoms with Gasteiger partial charge in [0, 0.05) is 19.5 Å². The third kappa shape index (κ3) is 5.43. The first-order valence-electron chi connectivity index (χ1n) is 10.6. The van der Waals surface area contributed by atoms with Gasteiger partial charge in [-0.2, -0.15) is 0 Å². The van der Waals surface area contributed by atoms with Crippen LogP contribution in [0.2, 0.25) is 0 Å². The van der Waals surface area contributed by atoms with Crippen molar-refractivity contribution in [3.63, 3.8) is 0 Å². The van der Waals surface area contributed by atoms with Gasteiger partial charge in [-0.3, -0.25) is 4.79 Å². The number of carbonyl (C=O) groups is 1. The van der Waals surface area contributed by atoms with Crippen molar-refractivity contribution < 1.29 is 19.0 Å². The van der Waals surface area contributed by atoms with E-state index in [0.717, 1.165) is 47.5 Å². The molecule has 0 saturated heterocycles. The molecule has 0 atom stereocenters. The largest absolute Gasteiger partial charge is 0.487 e. The molecule has 0 aromatic heterocycles. The summed E-state index contributed by atoms with van der Waals surface area (Å²) < 4.78 is 19.9. The first kappa shape index (κ1) is 20.9. The summed E-state index contributed by atoms with van der Waals surface area (Å²) in [7, 11) is 0. The van der Waals surface area contributed by atoms with Gasteiger partial charge in [0.2, 0.25) is 0 Å². The molecule has 0 aliphatic carbocycles. The van der Waals surface area contributed by atoms with E-state index in [-0.39, 0.29) is 12.2 Å². The lowest BCUT2D eigenvalue weighted by Crippen LogP contribution is -2.29. The van der Waals surface area contributed by atoms with Crippen molar-refractivity contribution in [3.8, 4) is 5.75 Å². The van der Waals surface area contributed by atoms with Gasteiger partial charge >= 0.3 is 5.97 Å². The summed E-state index contributed by atoms with van der Waals surface area (Å²) in [5.41, 5.74) is 5.33. The van der Waals surface area contributed by atoms with Crippen LogP contribution in [0.4, 0.5) is 10.1 Å². The van der Waals surface area contributed by atoms with Crippen LogP contribution in [0.3, 0.4) is 0 Å². The van der Waals surface area contributed by atoms with Gasteiger partial charge in [0.15, 0.2) is 0 Å². The van der Waals surface area contributed by atoms with Gasteiger partial charge in [-0.25, -0.2) is 4.39 Å².